The van der Waals surface area contributed by atoms with Gasteiger partial charge in [0.1, 0.15) is 0 Å². The van der Waals surface area contributed by atoms with Gasteiger partial charge in [-0.25, -0.2) is 0 Å². The Bertz CT molecular complexity index is 709. The Balaban J connectivity index is 1.67. The third-order valence-electron chi connectivity index (χ3n) is 4.55. The molecule has 0 aliphatic carbocycles. The van der Waals surface area contributed by atoms with E-state index < -0.39 is 0 Å². The van der Waals surface area contributed by atoms with Crippen molar-refractivity contribution in [1.82, 2.24) is 5.32 Å². The number of hydrogen-bond donors (Lipinski definition) is 2. The van der Waals surface area contributed by atoms with Gasteiger partial charge in [-0.1, -0.05) is 88.3 Å². The third kappa shape index (κ3) is 7.12. The van der Waals surface area contributed by atoms with E-state index in [0.717, 1.165) is 29.3 Å². The van der Waals surface area contributed by atoms with E-state index in [2.05, 4.69) is 29.7 Å². The fourth-order valence-electron chi connectivity index (χ4n) is 3.10. The molecular weight excluding hydrogens is 340 g/mol. The van der Waals surface area contributed by atoms with E-state index in [1.54, 1.807) is 0 Å². The Kier molecular flexibility index (Phi) is 9.11. The molecule has 0 bridgehead atoms. The van der Waals surface area contributed by atoms with E-state index in [1.165, 1.54) is 38.5 Å². The van der Waals surface area contributed by atoms with Gasteiger partial charge in [0.05, 0.1) is 0 Å². The monoisotopic (exact) mass is 370 g/mol. The number of rotatable bonds is 10. The van der Waals surface area contributed by atoms with Crippen molar-refractivity contribution < 1.29 is 4.79 Å². The maximum Gasteiger partial charge on any atom is 0.226 e. The predicted molar refractivity (Wildman–Crippen MR) is 116 cm³/mol. The molecule has 2 aromatic carbocycles. The van der Waals surface area contributed by atoms with Gasteiger partial charge in [-0.3, -0.25) is 4.79 Å². The quantitative estimate of drug-likeness (QED) is 0.387. The molecule has 0 fully saturated rings. The number of nitrogens with one attached hydrogen (secondary N) is 2. The number of anilines is 1. The van der Waals surface area contributed by atoms with E-state index in [9.17, 15) is 4.79 Å². The van der Waals surface area contributed by atoms with Crippen molar-refractivity contribution in [2.24, 2.45) is 0 Å². The van der Waals surface area contributed by atoms with Crippen molar-refractivity contribution >= 4 is 39.7 Å². The van der Waals surface area contributed by atoms with Gasteiger partial charge in [0, 0.05) is 17.5 Å². The highest BCUT2D eigenvalue weighted by Gasteiger charge is 2.06. The van der Waals surface area contributed by atoms with Crippen LogP contribution in [0.5, 0.6) is 0 Å². The molecule has 26 heavy (non-hydrogen) atoms. The molecule has 0 unspecified atom stereocenters. The van der Waals surface area contributed by atoms with Crippen molar-refractivity contribution in [2.45, 2.75) is 64.7 Å². The predicted octanol–water partition coefficient (Wildman–Crippen LogP) is 6.18. The standard InChI is InChI=1S/C22H30N2OS/c1-2-3-4-5-6-7-8-9-17-21(25)24-22(26)23-20-16-12-14-18-13-10-11-15-19(18)20/h10-16H,2-9,17H2,1H3,(H2,23,24,25,26). The lowest BCUT2D eigenvalue weighted by atomic mass is 10.1. The topological polar surface area (TPSA) is 41.1 Å². The molecule has 0 radical (unpaired) electrons. The largest absolute Gasteiger partial charge is 0.332 e. The van der Waals surface area contributed by atoms with Crippen molar-refractivity contribution in [2.75, 3.05) is 5.32 Å². The highest BCUT2D eigenvalue weighted by Crippen LogP contribution is 2.22. The molecule has 0 saturated heterocycles. The van der Waals surface area contributed by atoms with Gasteiger partial charge in [0.25, 0.3) is 0 Å². The molecule has 2 N–H and O–H groups in total. The van der Waals surface area contributed by atoms with Crippen molar-refractivity contribution in [1.29, 1.82) is 0 Å². The molecular formula is C22H30N2OS. The molecule has 0 aliphatic rings. The maximum atomic E-state index is 12.0. The van der Waals surface area contributed by atoms with Crippen molar-refractivity contribution in [3.05, 3.63) is 42.5 Å². The molecule has 2 rings (SSSR count). The number of unbranched alkanes of at least 4 members (excludes halogenated alkanes) is 7. The summed E-state index contributed by atoms with van der Waals surface area (Å²) in [5.41, 5.74) is 0.917. The summed E-state index contributed by atoms with van der Waals surface area (Å²) < 4.78 is 0. The Morgan fingerprint density at radius 2 is 1.54 bits per heavy atom. The summed E-state index contributed by atoms with van der Waals surface area (Å²) in [6, 6.07) is 14.1. The van der Waals surface area contributed by atoms with E-state index >= 15 is 0 Å². The number of amides is 1. The smallest absolute Gasteiger partial charge is 0.226 e. The number of fused-ring (bicyclic) bond motifs is 1. The van der Waals surface area contributed by atoms with Gasteiger partial charge in [0.15, 0.2) is 5.11 Å². The second kappa shape index (κ2) is 11.6. The average molecular weight is 371 g/mol. The lowest BCUT2D eigenvalue weighted by Crippen LogP contribution is -2.33. The lowest BCUT2D eigenvalue weighted by molar-refractivity contribution is -0.119. The maximum absolute atomic E-state index is 12.0. The van der Waals surface area contributed by atoms with Gasteiger partial charge in [-0.05, 0) is 30.1 Å². The van der Waals surface area contributed by atoms with Crippen LogP contribution in [-0.4, -0.2) is 11.0 Å². The van der Waals surface area contributed by atoms with Crippen LogP contribution in [0.1, 0.15) is 64.7 Å². The molecule has 0 saturated carbocycles. The molecule has 2 aromatic rings. The molecule has 0 aromatic heterocycles. The summed E-state index contributed by atoms with van der Waals surface area (Å²) >= 11 is 5.29. The molecule has 4 heteroatoms. The first-order valence-corrected chi connectivity index (χ1v) is 10.2. The normalized spacial score (nSPS) is 10.7. The number of thiocarbonyl (C=S) groups is 1. The molecule has 1 amide bonds. The number of hydrogen-bond acceptors (Lipinski definition) is 2. The van der Waals surface area contributed by atoms with Gasteiger partial charge in [-0.15, -0.1) is 0 Å². The van der Waals surface area contributed by atoms with E-state index in [0.29, 0.717) is 11.5 Å². The molecule has 0 atom stereocenters. The van der Waals surface area contributed by atoms with Gasteiger partial charge in [-0.2, -0.15) is 0 Å². The first kappa shape index (κ1) is 20.4. The Morgan fingerprint density at radius 3 is 2.31 bits per heavy atom. The Morgan fingerprint density at radius 1 is 0.885 bits per heavy atom. The molecule has 0 heterocycles. The van der Waals surface area contributed by atoms with Crippen LogP contribution in [0.25, 0.3) is 10.8 Å². The first-order chi connectivity index (χ1) is 12.7. The molecule has 3 nitrogen and oxygen atoms in total. The van der Waals surface area contributed by atoms with Gasteiger partial charge in [0.2, 0.25) is 5.91 Å². The molecule has 140 valence electrons. The van der Waals surface area contributed by atoms with E-state index in [-0.39, 0.29) is 5.91 Å². The highest BCUT2D eigenvalue weighted by molar-refractivity contribution is 7.80. The third-order valence-corrected chi connectivity index (χ3v) is 4.75. The van der Waals surface area contributed by atoms with Crippen LogP contribution >= 0.6 is 12.2 Å². The zero-order valence-electron chi connectivity index (χ0n) is 15.7. The zero-order valence-corrected chi connectivity index (χ0v) is 16.5. The summed E-state index contributed by atoms with van der Waals surface area (Å²) in [5, 5.41) is 8.54. The zero-order chi connectivity index (χ0) is 18.6. The second-order valence-electron chi connectivity index (χ2n) is 6.75. The number of carbonyl (C=O) groups is 1. The summed E-state index contributed by atoms with van der Waals surface area (Å²) in [6.45, 7) is 2.23. The van der Waals surface area contributed by atoms with E-state index in [4.69, 9.17) is 12.2 Å². The average Bonchev–Trinajstić information content (AvgIpc) is 2.64. The summed E-state index contributed by atoms with van der Waals surface area (Å²) in [6.07, 6.45) is 10.4. The van der Waals surface area contributed by atoms with Crippen LogP contribution in [0.4, 0.5) is 5.69 Å². The lowest BCUT2D eigenvalue weighted by Gasteiger charge is -2.12. The van der Waals surface area contributed by atoms with E-state index in [1.807, 2.05) is 30.3 Å². The first-order valence-electron chi connectivity index (χ1n) is 9.79. The Labute approximate surface area is 162 Å². The fraction of sp³-hybridized carbons (Fsp3) is 0.455. The van der Waals surface area contributed by atoms with Crippen LogP contribution in [0.15, 0.2) is 42.5 Å². The number of carbonyl (C=O) groups excluding carboxylic acids is 1. The van der Waals surface area contributed by atoms with Crippen LogP contribution in [0, 0.1) is 0 Å². The minimum Gasteiger partial charge on any atom is -0.332 e. The van der Waals surface area contributed by atoms with Gasteiger partial charge < -0.3 is 10.6 Å². The van der Waals surface area contributed by atoms with Gasteiger partial charge >= 0.3 is 0 Å². The highest BCUT2D eigenvalue weighted by atomic mass is 32.1. The summed E-state index contributed by atoms with van der Waals surface area (Å²) in [5.74, 6) is -0.00582. The minimum absolute atomic E-state index is 0.00582. The van der Waals surface area contributed by atoms with Crippen LogP contribution in [-0.2, 0) is 4.79 Å². The van der Waals surface area contributed by atoms with Crippen LogP contribution < -0.4 is 10.6 Å². The van der Waals surface area contributed by atoms with Crippen molar-refractivity contribution in [3.63, 3.8) is 0 Å². The SMILES string of the molecule is CCCCCCCCCCC(=O)NC(=S)Nc1cccc2ccccc12. The van der Waals surface area contributed by atoms with Crippen LogP contribution in [0.3, 0.4) is 0 Å². The second-order valence-corrected chi connectivity index (χ2v) is 7.16. The van der Waals surface area contributed by atoms with Crippen LogP contribution in [0.2, 0.25) is 0 Å². The molecule has 0 spiro atoms. The molecule has 0 aliphatic heterocycles. The summed E-state index contributed by atoms with van der Waals surface area (Å²) in [7, 11) is 0. The number of benzene rings is 2. The minimum atomic E-state index is -0.00582. The fourth-order valence-corrected chi connectivity index (χ4v) is 3.32. The Hall–Kier alpha value is -1.94. The summed E-state index contributed by atoms with van der Waals surface area (Å²) in [4.78, 5) is 12.0. The van der Waals surface area contributed by atoms with Crippen molar-refractivity contribution in [3.8, 4) is 0 Å².